The fourth-order valence-corrected chi connectivity index (χ4v) is 1.35. The largest absolute Gasteiger partial charge is 0.409 e. The monoisotopic (exact) mass is 236 g/mol. The number of aromatic nitrogens is 1. The molecular weight excluding hydrogens is 220 g/mol. The molecule has 6 nitrogen and oxygen atoms in total. The van der Waals surface area contributed by atoms with Gasteiger partial charge in [-0.25, -0.2) is 0 Å². The predicted molar refractivity (Wildman–Crippen MR) is 63.8 cm³/mol. The van der Waals surface area contributed by atoms with Crippen molar-refractivity contribution in [2.75, 3.05) is 0 Å². The highest BCUT2D eigenvalue weighted by Gasteiger charge is 2.14. The molecule has 1 unspecified atom stereocenters. The van der Waals surface area contributed by atoms with E-state index in [0.29, 0.717) is 18.5 Å². The molecule has 17 heavy (non-hydrogen) atoms. The zero-order valence-electron chi connectivity index (χ0n) is 9.63. The number of amides is 1. The molecule has 1 aromatic rings. The van der Waals surface area contributed by atoms with Crippen LogP contribution < -0.4 is 11.1 Å². The van der Waals surface area contributed by atoms with Crippen LogP contribution in [0.3, 0.4) is 0 Å². The van der Waals surface area contributed by atoms with Crippen LogP contribution in [0.5, 0.6) is 0 Å². The molecule has 1 amide bonds. The second-order valence-electron chi connectivity index (χ2n) is 3.59. The summed E-state index contributed by atoms with van der Waals surface area (Å²) >= 11 is 0. The Kier molecular flexibility index (Phi) is 4.93. The van der Waals surface area contributed by atoms with Crippen molar-refractivity contribution in [1.29, 1.82) is 0 Å². The van der Waals surface area contributed by atoms with Gasteiger partial charge in [-0.1, -0.05) is 18.1 Å². The van der Waals surface area contributed by atoms with Crippen molar-refractivity contribution >= 4 is 11.7 Å². The minimum absolute atomic E-state index is 0.0955. The number of rotatable bonds is 5. The zero-order chi connectivity index (χ0) is 12.7. The van der Waals surface area contributed by atoms with Crippen LogP contribution >= 0.6 is 0 Å². The fraction of sp³-hybridized carbons (Fsp3) is 0.364. The van der Waals surface area contributed by atoms with Crippen molar-refractivity contribution in [3.05, 3.63) is 30.1 Å². The molecule has 1 rings (SSSR count). The van der Waals surface area contributed by atoms with E-state index in [9.17, 15) is 4.79 Å². The molecule has 0 saturated carbocycles. The minimum Gasteiger partial charge on any atom is -0.409 e. The molecule has 0 radical (unpaired) electrons. The number of hydrogen-bond acceptors (Lipinski definition) is 4. The molecule has 0 aliphatic rings. The van der Waals surface area contributed by atoms with Crippen molar-refractivity contribution in [3.63, 3.8) is 0 Å². The highest BCUT2D eigenvalue weighted by Crippen LogP contribution is 2.00. The topological polar surface area (TPSA) is 101 Å². The van der Waals surface area contributed by atoms with Gasteiger partial charge in [-0.05, 0) is 18.6 Å². The molecule has 0 aliphatic carbocycles. The summed E-state index contributed by atoms with van der Waals surface area (Å²) in [5, 5.41) is 14.1. The van der Waals surface area contributed by atoms with Crippen LogP contribution in [0.15, 0.2) is 29.6 Å². The molecular formula is C11H16N4O2. The molecule has 0 aliphatic heterocycles. The highest BCUT2D eigenvalue weighted by molar-refractivity contribution is 5.92. The molecule has 1 heterocycles. The molecule has 0 fully saturated rings. The lowest BCUT2D eigenvalue weighted by Gasteiger charge is -2.15. The first kappa shape index (κ1) is 13.0. The van der Waals surface area contributed by atoms with Gasteiger partial charge in [0.15, 0.2) is 0 Å². The Balaban J connectivity index is 2.60. The van der Waals surface area contributed by atoms with E-state index in [4.69, 9.17) is 10.9 Å². The van der Waals surface area contributed by atoms with E-state index in [1.54, 1.807) is 24.4 Å². The Bertz CT molecular complexity index is 392. The molecule has 0 saturated heterocycles. The molecule has 1 aromatic heterocycles. The van der Waals surface area contributed by atoms with E-state index in [1.807, 2.05) is 6.92 Å². The van der Waals surface area contributed by atoms with Crippen LogP contribution in [0.2, 0.25) is 0 Å². The summed E-state index contributed by atoms with van der Waals surface area (Å²) in [7, 11) is 0. The van der Waals surface area contributed by atoms with Crippen LogP contribution in [-0.2, 0) is 0 Å². The average molecular weight is 236 g/mol. The Morgan fingerprint density at radius 3 is 2.94 bits per heavy atom. The number of pyridine rings is 1. The van der Waals surface area contributed by atoms with Gasteiger partial charge < -0.3 is 16.3 Å². The maximum absolute atomic E-state index is 11.8. The van der Waals surface area contributed by atoms with Crippen molar-refractivity contribution in [1.82, 2.24) is 10.3 Å². The van der Waals surface area contributed by atoms with E-state index in [2.05, 4.69) is 15.5 Å². The van der Waals surface area contributed by atoms with Gasteiger partial charge in [0.2, 0.25) is 0 Å². The van der Waals surface area contributed by atoms with Crippen molar-refractivity contribution in [2.45, 2.75) is 25.8 Å². The molecule has 6 heteroatoms. The maximum atomic E-state index is 11.8. The molecule has 4 N–H and O–H groups in total. The lowest BCUT2D eigenvalue weighted by Crippen LogP contribution is -2.37. The summed E-state index contributed by atoms with van der Waals surface area (Å²) < 4.78 is 0. The van der Waals surface area contributed by atoms with Crippen molar-refractivity contribution < 1.29 is 10.0 Å². The molecule has 0 bridgehead atoms. The quantitative estimate of drug-likeness (QED) is 0.303. The second-order valence-corrected chi connectivity index (χ2v) is 3.59. The van der Waals surface area contributed by atoms with Gasteiger partial charge in [0.25, 0.3) is 5.91 Å². The van der Waals surface area contributed by atoms with E-state index < -0.39 is 0 Å². The fourth-order valence-electron chi connectivity index (χ4n) is 1.35. The van der Waals surface area contributed by atoms with Gasteiger partial charge in [0.05, 0.1) is 0 Å². The number of hydrogen-bond donors (Lipinski definition) is 3. The number of nitrogens with two attached hydrogens (primary N) is 1. The second kappa shape index (κ2) is 6.47. The summed E-state index contributed by atoms with van der Waals surface area (Å²) in [6, 6.07) is 4.95. The first-order valence-corrected chi connectivity index (χ1v) is 5.35. The third-order valence-corrected chi connectivity index (χ3v) is 2.31. The molecule has 0 spiro atoms. The van der Waals surface area contributed by atoms with Gasteiger partial charge in [-0.15, -0.1) is 0 Å². The summed E-state index contributed by atoms with van der Waals surface area (Å²) in [5.74, 6) is -0.165. The molecule has 92 valence electrons. The first-order valence-electron chi connectivity index (χ1n) is 5.35. The van der Waals surface area contributed by atoms with Gasteiger partial charge in [-0.2, -0.15) is 0 Å². The highest BCUT2D eigenvalue weighted by atomic mass is 16.4. The SMILES string of the molecule is CCC(CC(N)=NO)NC(=O)c1ccccn1. The third kappa shape index (κ3) is 4.10. The van der Waals surface area contributed by atoms with Crippen LogP contribution in [0.1, 0.15) is 30.3 Å². The number of nitrogens with one attached hydrogen (secondary N) is 1. The summed E-state index contributed by atoms with van der Waals surface area (Å²) in [5.41, 5.74) is 5.75. The standard InChI is InChI=1S/C11H16N4O2/c1-2-8(7-10(12)15-17)14-11(16)9-5-3-4-6-13-9/h3-6,8,17H,2,7H2,1H3,(H2,12,15)(H,14,16). The van der Waals surface area contributed by atoms with Crippen LogP contribution in [0.4, 0.5) is 0 Å². The zero-order valence-corrected chi connectivity index (χ0v) is 9.63. The molecule has 0 aromatic carbocycles. The number of amidine groups is 1. The normalized spacial score (nSPS) is 13.1. The average Bonchev–Trinajstić information content (AvgIpc) is 2.38. The minimum atomic E-state index is -0.261. The smallest absolute Gasteiger partial charge is 0.270 e. The van der Waals surface area contributed by atoms with E-state index >= 15 is 0 Å². The van der Waals surface area contributed by atoms with E-state index in [-0.39, 0.29) is 17.8 Å². The van der Waals surface area contributed by atoms with Crippen molar-refractivity contribution in [2.24, 2.45) is 10.9 Å². The summed E-state index contributed by atoms with van der Waals surface area (Å²) in [4.78, 5) is 15.7. The summed E-state index contributed by atoms with van der Waals surface area (Å²) in [6.45, 7) is 1.91. The van der Waals surface area contributed by atoms with Gasteiger partial charge in [0.1, 0.15) is 11.5 Å². The van der Waals surface area contributed by atoms with E-state index in [0.717, 1.165) is 0 Å². The number of carbonyl (C=O) groups excluding carboxylic acids is 1. The van der Waals surface area contributed by atoms with Crippen LogP contribution in [0, 0.1) is 0 Å². The van der Waals surface area contributed by atoms with Gasteiger partial charge in [-0.3, -0.25) is 9.78 Å². The van der Waals surface area contributed by atoms with Gasteiger partial charge in [0, 0.05) is 18.7 Å². The van der Waals surface area contributed by atoms with Crippen LogP contribution in [0.25, 0.3) is 0 Å². The third-order valence-electron chi connectivity index (χ3n) is 2.31. The Morgan fingerprint density at radius 2 is 2.41 bits per heavy atom. The predicted octanol–water partition coefficient (Wildman–Crippen LogP) is 0.726. The Hall–Kier alpha value is -2.11. The van der Waals surface area contributed by atoms with Crippen molar-refractivity contribution in [3.8, 4) is 0 Å². The van der Waals surface area contributed by atoms with E-state index in [1.165, 1.54) is 0 Å². The number of nitrogens with zero attached hydrogens (tertiary/aromatic N) is 2. The van der Waals surface area contributed by atoms with Crippen LogP contribution in [-0.4, -0.2) is 28.0 Å². The van der Waals surface area contributed by atoms with Gasteiger partial charge >= 0.3 is 0 Å². The maximum Gasteiger partial charge on any atom is 0.270 e. The number of oxime groups is 1. The summed E-state index contributed by atoms with van der Waals surface area (Å²) in [6.07, 6.45) is 2.56. The number of carbonyl (C=O) groups is 1. The first-order chi connectivity index (χ1) is 8.17. The lowest BCUT2D eigenvalue weighted by molar-refractivity contribution is 0.0932. The lowest BCUT2D eigenvalue weighted by atomic mass is 10.1. The molecule has 1 atom stereocenters. The Morgan fingerprint density at radius 1 is 1.65 bits per heavy atom. The Labute approximate surface area is 99.5 Å².